The van der Waals surface area contributed by atoms with E-state index in [2.05, 4.69) is 33.8 Å². The Morgan fingerprint density at radius 1 is 1.04 bits per heavy atom. The Hall–Kier alpha value is -1.14. The molecule has 134 valence electrons. The minimum atomic E-state index is -0.433. The second kappa shape index (κ2) is 8.81. The third-order valence-electron chi connectivity index (χ3n) is 5.08. The summed E-state index contributed by atoms with van der Waals surface area (Å²) in [6, 6.07) is 8.27. The van der Waals surface area contributed by atoms with Crippen molar-refractivity contribution in [3.8, 4) is 5.75 Å². The van der Waals surface area contributed by atoms with E-state index in [1.54, 1.807) is 0 Å². The average Bonchev–Trinajstić information content (AvgIpc) is 2.57. The number of hydrogen-bond donors (Lipinski definition) is 1. The van der Waals surface area contributed by atoms with E-state index in [4.69, 9.17) is 4.74 Å². The Balaban J connectivity index is 1.39. The van der Waals surface area contributed by atoms with Gasteiger partial charge in [-0.3, -0.25) is 9.80 Å². The van der Waals surface area contributed by atoms with Crippen molar-refractivity contribution in [2.24, 2.45) is 0 Å². The molecule has 5 heteroatoms. The van der Waals surface area contributed by atoms with E-state index in [9.17, 15) is 5.11 Å². The van der Waals surface area contributed by atoms with E-state index in [0.29, 0.717) is 13.2 Å². The second-order valence-corrected chi connectivity index (χ2v) is 6.98. The van der Waals surface area contributed by atoms with Crippen LogP contribution in [-0.2, 0) is 6.54 Å². The van der Waals surface area contributed by atoms with Crippen LogP contribution in [0.3, 0.4) is 0 Å². The van der Waals surface area contributed by atoms with Crippen molar-refractivity contribution in [2.75, 3.05) is 59.0 Å². The van der Waals surface area contributed by atoms with Gasteiger partial charge in [-0.2, -0.15) is 0 Å². The second-order valence-electron chi connectivity index (χ2n) is 6.98. The monoisotopic (exact) mass is 333 g/mol. The Labute approximate surface area is 145 Å². The van der Waals surface area contributed by atoms with Gasteiger partial charge < -0.3 is 14.7 Å². The summed E-state index contributed by atoms with van der Waals surface area (Å²) >= 11 is 0. The molecule has 2 saturated heterocycles. The lowest BCUT2D eigenvalue weighted by molar-refractivity contribution is 0.0470. The van der Waals surface area contributed by atoms with Crippen LogP contribution >= 0.6 is 0 Å². The summed E-state index contributed by atoms with van der Waals surface area (Å²) in [4.78, 5) is 7.22. The molecule has 1 aromatic carbocycles. The summed E-state index contributed by atoms with van der Waals surface area (Å²) in [5.41, 5.74) is 1.29. The number of likely N-dealkylation sites (tertiary alicyclic amines) is 1. The van der Waals surface area contributed by atoms with Gasteiger partial charge in [0.2, 0.25) is 0 Å². The molecular weight excluding hydrogens is 302 g/mol. The molecule has 2 aliphatic rings. The molecule has 3 rings (SSSR count). The maximum absolute atomic E-state index is 10.3. The highest BCUT2D eigenvalue weighted by molar-refractivity contribution is 5.28. The molecule has 0 radical (unpaired) electrons. The predicted octanol–water partition coefficient (Wildman–Crippen LogP) is 1.27. The third kappa shape index (κ3) is 5.18. The zero-order valence-corrected chi connectivity index (χ0v) is 14.9. The number of hydrogen-bond acceptors (Lipinski definition) is 5. The van der Waals surface area contributed by atoms with Crippen LogP contribution < -0.4 is 4.74 Å². The standard InChI is InChI=1S/C19H31N3O2/c1-2-20-9-11-22(12-10-20)15-18(23)16-24-19-6-3-5-17(13-19)14-21-7-4-8-21/h3,5-6,13,18,23H,2,4,7-12,14-16H2,1H3/t18-/m0/s1. The van der Waals surface area contributed by atoms with Gasteiger partial charge in [0.25, 0.3) is 0 Å². The van der Waals surface area contributed by atoms with E-state index in [-0.39, 0.29) is 0 Å². The highest BCUT2D eigenvalue weighted by Crippen LogP contribution is 2.18. The molecule has 0 bridgehead atoms. The highest BCUT2D eigenvalue weighted by Gasteiger charge is 2.18. The van der Waals surface area contributed by atoms with E-state index in [1.165, 1.54) is 25.1 Å². The molecule has 1 N–H and O–H groups in total. The SMILES string of the molecule is CCN1CCN(C[C@H](O)COc2cccc(CN3CCC3)c2)CC1. The van der Waals surface area contributed by atoms with Crippen molar-refractivity contribution in [3.05, 3.63) is 29.8 Å². The van der Waals surface area contributed by atoms with Gasteiger partial charge in [-0.05, 0) is 43.8 Å². The Morgan fingerprint density at radius 3 is 2.46 bits per heavy atom. The molecule has 2 aliphatic heterocycles. The lowest BCUT2D eigenvalue weighted by atomic mass is 10.1. The molecule has 0 spiro atoms. The van der Waals surface area contributed by atoms with Crippen molar-refractivity contribution in [3.63, 3.8) is 0 Å². The molecule has 1 aromatic rings. The van der Waals surface area contributed by atoms with Crippen LogP contribution in [0.2, 0.25) is 0 Å². The van der Waals surface area contributed by atoms with Crippen LogP contribution in [0.1, 0.15) is 18.9 Å². The van der Waals surface area contributed by atoms with Crippen LogP contribution in [0, 0.1) is 0 Å². The highest BCUT2D eigenvalue weighted by atomic mass is 16.5. The first kappa shape index (κ1) is 17.7. The molecule has 2 fully saturated rings. The zero-order valence-electron chi connectivity index (χ0n) is 14.9. The first-order valence-electron chi connectivity index (χ1n) is 9.30. The first-order chi connectivity index (χ1) is 11.7. The summed E-state index contributed by atoms with van der Waals surface area (Å²) in [6.07, 6.45) is 0.881. The first-order valence-corrected chi connectivity index (χ1v) is 9.30. The molecule has 0 saturated carbocycles. The topological polar surface area (TPSA) is 39.2 Å². The number of piperazine rings is 1. The van der Waals surface area contributed by atoms with Crippen LogP contribution in [0.5, 0.6) is 5.75 Å². The van der Waals surface area contributed by atoms with Crippen LogP contribution in [0.25, 0.3) is 0 Å². The minimum absolute atomic E-state index is 0.362. The maximum Gasteiger partial charge on any atom is 0.119 e. The molecular formula is C19H31N3O2. The van der Waals surface area contributed by atoms with Crippen molar-refractivity contribution in [1.29, 1.82) is 0 Å². The van der Waals surface area contributed by atoms with Crippen LogP contribution in [0.4, 0.5) is 0 Å². The maximum atomic E-state index is 10.3. The van der Waals surface area contributed by atoms with Crippen LogP contribution in [-0.4, -0.2) is 84.9 Å². The molecule has 0 unspecified atom stereocenters. The fourth-order valence-electron chi connectivity index (χ4n) is 3.36. The van der Waals surface area contributed by atoms with Gasteiger partial charge in [-0.15, -0.1) is 0 Å². The quantitative estimate of drug-likeness (QED) is 0.776. The Kier molecular flexibility index (Phi) is 6.49. The third-order valence-corrected chi connectivity index (χ3v) is 5.08. The molecule has 0 aromatic heterocycles. The number of nitrogens with zero attached hydrogens (tertiary/aromatic N) is 3. The summed E-state index contributed by atoms with van der Waals surface area (Å²) < 4.78 is 5.82. The number of β-amino-alcohol motifs (C(OH)–C–C–N with tert-alkyl or cyclic N) is 1. The fourth-order valence-corrected chi connectivity index (χ4v) is 3.36. The van der Waals surface area contributed by atoms with E-state index in [0.717, 1.165) is 45.0 Å². The molecule has 1 atom stereocenters. The molecule has 2 heterocycles. The van der Waals surface area contributed by atoms with Crippen molar-refractivity contribution in [2.45, 2.75) is 26.0 Å². The van der Waals surface area contributed by atoms with Gasteiger partial charge in [0, 0.05) is 39.3 Å². The Bertz CT molecular complexity index is 499. The number of benzene rings is 1. The van der Waals surface area contributed by atoms with Gasteiger partial charge >= 0.3 is 0 Å². The number of ether oxygens (including phenoxy) is 1. The van der Waals surface area contributed by atoms with Gasteiger partial charge in [0.05, 0.1) is 0 Å². The van der Waals surface area contributed by atoms with Crippen molar-refractivity contribution in [1.82, 2.24) is 14.7 Å². The summed E-state index contributed by atoms with van der Waals surface area (Å²) in [5.74, 6) is 0.864. The van der Waals surface area contributed by atoms with E-state index >= 15 is 0 Å². The van der Waals surface area contributed by atoms with Crippen molar-refractivity contribution < 1.29 is 9.84 Å². The molecule has 0 aliphatic carbocycles. The number of rotatable bonds is 8. The summed E-state index contributed by atoms with van der Waals surface area (Å²) in [5, 5.41) is 10.3. The number of aliphatic hydroxyl groups excluding tert-OH is 1. The van der Waals surface area contributed by atoms with Gasteiger partial charge in [-0.25, -0.2) is 0 Å². The number of aliphatic hydroxyl groups is 1. The van der Waals surface area contributed by atoms with E-state index in [1.807, 2.05) is 12.1 Å². The zero-order chi connectivity index (χ0) is 16.8. The summed E-state index contributed by atoms with van der Waals surface area (Å²) in [6.45, 7) is 12.1. The average molecular weight is 333 g/mol. The van der Waals surface area contributed by atoms with Gasteiger partial charge in [-0.1, -0.05) is 19.1 Å². The predicted molar refractivity (Wildman–Crippen MR) is 96.4 cm³/mol. The largest absolute Gasteiger partial charge is 0.491 e. The van der Waals surface area contributed by atoms with Gasteiger partial charge in [0.15, 0.2) is 0 Å². The van der Waals surface area contributed by atoms with E-state index < -0.39 is 6.10 Å². The summed E-state index contributed by atoms with van der Waals surface area (Å²) in [7, 11) is 0. The number of likely N-dealkylation sites (N-methyl/N-ethyl adjacent to an activating group) is 1. The molecule has 0 amide bonds. The fraction of sp³-hybridized carbons (Fsp3) is 0.684. The lowest BCUT2D eigenvalue weighted by Crippen LogP contribution is -2.49. The molecule has 5 nitrogen and oxygen atoms in total. The lowest BCUT2D eigenvalue weighted by Gasteiger charge is -2.34. The smallest absolute Gasteiger partial charge is 0.119 e. The Morgan fingerprint density at radius 2 is 1.79 bits per heavy atom. The minimum Gasteiger partial charge on any atom is -0.491 e. The molecule has 24 heavy (non-hydrogen) atoms. The van der Waals surface area contributed by atoms with Crippen LogP contribution in [0.15, 0.2) is 24.3 Å². The van der Waals surface area contributed by atoms with Crippen molar-refractivity contribution >= 4 is 0 Å². The van der Waals surface area contributed by atoms with Gasteiger partial charge in [0.1, 0.15) is 18.5 Å². The normalized spacial score (nSPS) is 21.4.